The number of nitrogens with one attached hydrogen (secondary N) is 1. The van der Waals surface area contributed by atoms with Crippen LogP contribution in [0.2, 0.25) is 0 Å². The first-order chi connectivity index (χ1) is 11.5. The normalized spacial score (nSPS) is 12.5. The van der Waals surface area contributed by atoms with Crippen molar-refractivity contribution in [3.63, 3.8) is 0 Å². The van der Waals surface area contributed by atoms with E-state index in [-0.39, 0.29) is 11.6 Å². The molecule has 8 heteroatoms. The molecule has 2 rings (SSSR count). The van der Waals surface area contributed by atoms with Gasteiger partial charge in [-0.3, -0.25) is 9.59 Å². The first-order valence-corrected chi connectivity index (χ1v) is 8.07. The molecule has 1 atom stereocenters. The molecule has 0 radical (unpaired) electrons. The van der Waals surface area contributed by atoms with E-state index in [2.05, 4.69) is 15.4 Å². The fraction of sp³-hybridized carbons (Fsp3) is 0.500. The van der Waals surface area contributed by atoms with Crippen molar-refractivity contribution in [2.45, 2.75) is 39.3 Å². The highest BCUT2D eigenvalue weighted by molar-refractivity contribution is 6.05. The molecule has 0 spiro atoms. The topological polar surface area (TPSA) is 129 Å². The van der Waals surface area contributed by atoms with Gasteiger partial charge in [0.2, 0.25) is 5.91 Å². The second-order valence-electron chi connectivity index (χ2n) is 6.04. The van der Waals surface area contributed by atoms with Crippen molar-refractivity contribution in [1.82, 2.24) is 20.1 Å². The second-order valence-corrected chi connectivity index (χ2v) is 6.04. The average molecular weight is 332 g/mol. The Morgan fingerprint density at radius 1 is 1.33 bits per heavy atom. The molecule has 1 unspecified atom stereocenters. The second kappa shape index (κ2) is 7.87. The van der Waals surface area contributed by atoms with Crippen LogP contribution >= 0.6 is 0 Å². The van der Waals surface area contributed by atoms with Crippen LogP contribution in [0, 0.1) is 5.92 Å². The lowest BCUT2D eigenvalue weighted by Gasteiger charge is -2.18. The van der Waals surface area contributed by atoms with E-state index in [1.807, 2.05) is 13.8 Å². The number of hydrogen-bond acceptors (Lipinski definition) is 5. The third kappa shape index (κ3) is 3.88. The standard InChI is InChI=1S/C16H24N6O2/c1-10(2)12(14(18)23)20-16(24)13-11-6-5-8-19-15(11)22(21-13)9-4-3-7-17/h5-6,8,10,12H,3-4,7,9,17H2,1-2H3,(H2,18,23)(H,20,24). The summed E-state index contributed by atoms with van der Waals surface area (Å²) in [4.78, 5) is 28.4. The molecule has 0 fully saturated rings. The van der Waals surface area contributed by atoms with E-state index < -0.39 is 17.9 Å². The van der Waals surface area contributed by atoms with Crippen molar-refractivity contribution in [2.75, 3.05) is 6.54 Å². The first kappa shape index (κ1) is 17.9. The van der Waals surface area contributed by atoms with Crippen LogP contribution in [-0.2, 0) is 11.3 Å². The molecule has 5 N–H and O–H groups in total. The largest absolute Gasteiger partial charge is 0.368 e. The molecular weight excluding hydrogens is 308 g/mol. The van der Waals surface area contributed by atoms with Crippen molar-refractivity contribution < 1.29 is 9.59 Å². The highest BCUT2D eigenvalue weighted by Crippen LogP contribution is 2.17. The zero-order valence-electron chi connectivity index (χ0n) is 14.0. The highest BCUT2D eigenvalue weighted by atomic mass is 16.2. The summed E-state index contributed by atoms with van der Waals surface area (Å²) in [5, 5.41) is 7.70. The van der Waals surface area contributed by atoms with Crippen LogP contribution in [0.15, 0.2) is 18.3 Å². The lowest BCUT2D eigenvalue weighted by Crippen LogP contribution is -2.47. The summed E-state index contributed by atoms with van der Waals surface area (Å²) in [5.41, 5.74) is 11.8. The highest BCUT2D eigenvalue weighted by Gasteiger charge is 2.25. The van der Waals surface area contributed by atoms with Gasteiger partial charge in [0, 0.05) is 12.7 Å². The van der Waals surface area contributed by atoms with Gasteiger partial charge in [-0.05, 0) is 37.4 Å². The van der Waals surface area contributed by atoms with E-state index in [4.69, 9.17) is 11.5 Å². The summed E-state index contributed by atoms with van der Waals surface area (Å²) >= 11 is 0. The maximum atomic E-state index is 12.6. The van der Waals surface area contributed by atoms with Gasteiger partial charge in [0.15, 0.2) is 11.3 Å². The van der Waals surface area contributed by atoms with E-state index in [0.717, 1.165) is 12.8 Å². The van der Waals surface area contributed by atoms with Crippen molar-refractivity contribution in [1.29, 1.82) is 0 Å². The lowest BCUT2D eigenvalue weighted by atomic mass is 10.0. The summed E-state index contributed by atoms with van der Waals surface area (Å²) in [7, 11) is 0. The SMILES string of the molecule is CC(C)C(NC(=O)c1nn(CCCCN)c2ncccc12)C(N)=O. The Kier molecular flexibility index (Phi) is 5.86. The van der Waals surface area contributed by atoms with Gasteiger partial charge in [-0.25, -0.2) is 9.67 Å². The molecule has 130 valence electrons. The van der Waals surface area contributed by atoms with Crippen LogP contribution in [0.3, 0.4) is 0 Å². The third-order valence-electron chi connectivity index (χ3n) is 3.81. The Labute approximate surface area is 140 Å². The van der Waals surface area contributed by atoms with E-state index in [0.29, 0.717) is 24.1 Å². The Morgan fingerprint density at radius 2 is 2.08 bits per heavy atom. The fourth-order valence-electron chi connectivity index (χ4n) is 2.51. The Balaban J connectivity index is 2.30. The zero-order valence-corrected chi connectivity index (χ0v) is 14.0. The monoisotopic (exact) mass is 332 g/mol. The molecule has 0 bridgehead atoms. The molecule has 0 aliphatic carbocycles. The number of nitrogens with two attached hydrogens (primary N) is 2. The molecule has 0 aliphatic heterocycles. The maximum absolute atomic E-state index is 12.6. The number of carbonyl (C=O) groups is 2. The van der Waals surface area contributed by atoms with Crippen molar-refractivity contribution >= 4 is 22.8 Å². The number of amides is 2. The van der Waals surface area contributed by atoms with Crippen LogP contribution in [0.1, 0.15) is 37.2 Å². The predicted octanol–water partition coefficient (Wildman–Crippen LogP) is 0.410. The molecule has 0 aromatic carbocycles. The molecule has 0 saturated carbocycles. The Bertz CT molecular complexity index is 724. The smallest absolute Gasteiger partial charge is 0.273 e. The quantitative estimate of drug-likeness (QED) is 0.603. The lowest BCUT2D eigenvalue weighted by molar-refractivity contribution is -0.120. The zero-order chi connectivity index (χ0) is 17.7. The van der Waals surface area contributed by atoms with Gasteiger partial charge in [-0.15, -0.1) is 0 Å². The van der Waals surface area contributed by atoms with Crippen LogP contribution in [-0.4, -0.2) is 39.2 Å². The summed E-state index contributed by atoms with van der Waals surface area (Å²) in [6.45, 7) is 4.87. The van der Waals surface area contributed by atoms with Gasteiger partial charge in [0.25, 0.3) is 5.91 Å². The maximum Gasteiger partial charge on any atom is 0.273 e. The molecular formula is C16H24N6O2. The third-order valence-corrected chi connectivity index (χ3v) is 3.81. The minimum absolute atomic E-state index is 0.109. The minimum Gasteiger partial charge on any atom is -0.368 e. The van der Waals surface area contributed by atoms with E-state index in [9.17, 15) is 9.59 Å². The predicted molar refractivity (Wildman–Crippen MR) is 91.1 cm³/mol. The Morgan fingerprint density at radius 3 is 2.71 bits per heavy atom. The van der Waals surface area contributed by atoms with Gasteiger partial charge in [-0.2, -0.15) is 5.10 Å². The molecule has 8 nitrogen and oxygen atoms in total. The van der Waals surface area contributed by atoms with Crippen molar-refractivity contribution in [2.24, 2.45) is 17.4 Å². The average Bonchev–Trinajstić information content (AvgIpc) is 2.91. The van der Waals surface area contributed by atoms with Gasteiger partial charge in [-0.1, -0.05) is 13.8 Å². The number of nitrogens with zero attached hydrogens (tertiary/aromatic N) is 3. The molecule has 2 aromatic heterocycles. The van der Waals surface area contributed by atoms with Gasteiger partial charge < -0.3 is 16.8 Å². The van der Waals surface area contributed by atoms with Crippen molar-refractivity contribution in [3.8, 4) is 0 Å². The number of hydrogen-bond donors (Lipinski definition) is 3. The number of rotatable bonds is 8. The minimum atomic E-state index is -0.744. The van der Waals surface area contributed by atoms with Gasteiger partial charge in [0.1, 0.15) is 6.04 Å². The van der Waals surface area contributed by atoms with E-state index in [1.54, 1.807) is 23.0 Å². The molecule has 0 saturated heterocycles. The number of primary amides is 1. The molecule has 0 aliphatic rings. The Hall–Kier alpha value is -2.48. The van der Waals surface area contributed by atoms with Crippen molar-refractivity contribution in [3.05, 3.63) is 24.0 Å². The first-order valence-electron chi connectivity index (χ1n) is 8.07. The van der Waals surface area contributed by atoms with E-state index in [1.165, 1.54) is 0 Å². The number of fused-ring (bicyclic) bond motifs is 1. The van der Waals surface area contributed by atoms with E-state index >= 15 is 0 Å². The number of aromatic nitrogens is 3. The summed E-state index contributed by atoms with van der Waals surface area (Å²) in [6.07, 6.45) is 3.37. The molecule has 2 amide bonds. The molecule has 2 aromatic rings. The summed E-state index contributed by atoms with van der Waals surface area (Å²) in [5.74, 6) is -1.10. The fourth-order valence-corrected chi connectivity index (χ4v) is 2.51. The summed E-state index contributed by atoms with van der Waals surface area (Å²) < 4.78 is 1.70. The summed E-state index contributed by atoms with van der Waals surface area (Å²) in [6, 6.07) is 2.80. The van der Waals surface area contributed by atoms with Crippen LogP contribution in [0.25, 0.3) is 11.0 Å². The number of aryl methyl sites for hydroxylation is 1. The van der Waals surface area contributed by atoms with Crippen LogP contribution < -0.4 is 16.8 Å². The molecule has 2 heterocycles. The molecule has 24 heavy (non-hydrogen) atoms. The van der Waals surface area contributed by atoms with Gasteiger partial charge in [0.05, 0.1) is 5.39 Å². The number of carbonyl (C=O) groups excluding carboxylic acids is 2. The van der Waals surface area contributed by atoms with Crippen LogP contribution in [0.4, 0.5) is 0 Å². The van der Waals surface area contributed by atoms with Gasteiger partial charge >= 0.3 is 0 Å². The number of unbranched alkanes of at least 4 members (excludes halogenated alkanes) is 1. The van der Waals surface area contributed by atoms with Crippen LogP contribution in [0.5, 0.6) is 0 Å². The number of pyridine rings is 1.